The smallest absolute Gasteiger partial charge is 0.312 e. The molecule has 0 bridgehead atoms. The van der Waals surface area contributed by atoms with Crippen LogP contribution in [0.1, 0.15) is 48.6 Å². The van der Waals surface area contributed by atoms with Gasteiger partial charge in [-0.1, -0.05) is 0 Å². The molecule has 0 radical (unpaired) electrons. The first-order chi connectivity index (χ1) is 10.1. The van der Waals surface area contributed by atoms with Crippen molar-refractivity contribution in [1.82, 2.24) is 4.98 Å². The van der Waals surface area contributed by atoms with Crippen molar-refractivity contribution in [2.75, 3.05) is 25.6 Å². The Balaban J connectivity index is 1.64. The van der Waals surface area contributed by atoms with Gasteiger partial charge in [0.1, 0.15) is 5.92 Å². The van der Waals surface area contributed by atoms with Crippen LogP contribution >= 0.6 is 11.3 Å². The molecule has 1 fully saturated rings. The SMILES string of the molecule is COCCC1(CNc2nc3c(s2)CCCC3C(=O)O)CC1. The molecule has 0 spiro atoms. The molecule has 1 atom stereocenters. The van der Waals surface area contributed by atoms with E-state index in [1.807, 2.05) is 0 Å². The van der Waals surface area contributed by atoms with Crippen LogP contribution in [0.25, 0.3) is 0 Å². The Hall–Kier alpha value is -1.14. The molecule has 1 unspecified atom stereocenters. The zero-order valence-corrected chi connectivity index (χ0v) is 13.2. The summed E-state index contributed by atoms with van der Waals surface area (Å²) in [5.41, 5.74) is 1.16. The third-order valence-corrected chi connectivity index (χ3v) is 5.75. The molecule has 2 aliphatic rings. The number of ether oxygens (including phenoxy) is 1. The molecule has 0 aromatic carbocycles. The molecule has 3 rings (SSSR count). The summed E-state index contributed by atoms with van der Waals surface area (Å²) in [5, 5.41) is 13.6. The maximum absolute atomic E-state index is 11.3. The Morgan fingerprint density at radius 3 is 3.05 bits per heavy atom. The van der Waals surface area contributed by atoms with Crippen LogP contribution in [0.2, 0.25) is 0 Å². The molecule has 6 heteroatoms. The first kappa shape index (κ1) is 14.8. The second-order valence-electron chi connectivity index (χ2n) is 6.21. The fraction of sp³-hybridized carbons (Fsp3) is 0.733. The summed E-state index contributed by atoms with van der Waals surface area (Å²) in [4.78, 5) is 17.0. The van der Waals surface area contributed by atoms with Gasteiger partial charge in [0.15, 0.2) is 5.13 Å². The van der Waals surface area contributed by atoms with Gasteiger partial charge in [-0.2, -0.15) is 0 Å². The van der Waals surface area contributed by atoms with Crippen molar-refractivity contribution in [3.8, 4) is 0 Å². The fourth-order valence-corrected chi connectivity index (χ4v) is 4.07. The number of nitrogens with one attached hydrogen (secondary N) is 1. The lowest BCUT2D eigenvalue weighted by Crippen LogP contribution is -2.18. The van der Waals surface area contributed by atoms with Crippen molar-refractivity contribution < 1.29 is 14.6 Å². The van der Waals surface area contributed by atoms with E-state index < -0.39 is 11.9 Å². The van der Waals surface area contributed by atoms with Crippen molar-refractivity contribution in [2.24, 2.45) is 5.41 Å². The highest BCUT2D eigenvalue weighted by Crippen LogP contribution is 2.49. The molecule has 21 heavy (non-hydrogen) atoms. The van der Waals surface area contributed by atoms with E-state index in [4.69, 9.17) is 4.74 Å². The Labute approximate surface area is 128 Å². The number of nitrogens with zero attached hydrogens (tertiary/aromatic N) is 1. The highest BCUT2D eigenvalue weighted by molar-refractivity contribution is 7.15. The minimum Gasteiger partial charge on any atom is -0.481 e. The molecule has 1 heterocycles. The van der Waals surface area contributed by atoms with Crippen LogP contribution in [0.15, 0.2) is 0 Å². The molecule has 1 aromatic heterocycles. The number of aliphatic carboxylic acids is 1. The summed E-state index contributed by atoms with van der Waals surface area (Å²) in [6, 6.07) is 0. The average molecular weight is 310 g/mol. The van der Waals surface area contributed by atoms with Crippen LogP contribution in [0.3, 0.4) is 0 Å². The monoisotopic (exact) mass is 310 g/mol. The third-order valence-electron chi connectivity index (χ3n) is 4.66. The van der Waals surface area contributed by atoms with Crippen LogP contribution < -0.4 is 5.32 Å². The van der Waals surface area contributed by atoms with Gasteiger partial charge in [0, 0.05) is 25.1 Å². The fourth-order valence-electron chi connectivity index (χ4n) is 3.01. The number of carboxylic acids is 1. The molecule has 0 aliphatic heterocycles. The van der Waals surface area contributed by atoms with E-state index in [1.165, 1.54) is 12.8 Å². The van der Waals surface area contributed by atoms with Gasteiger partial charge >= 0.3 is 5.97 Å². The maximum Gasteiger partial charge on any atom is 0.312 e. The number of fused-ring (bicyclic) bond motifs is 1. The summed E-state index contributed by atoms with van der Waals surface area (Å²) in [6.45, 7) is 1.72. The van der Waals surface area contributed by atoms with Gasteiger partial charge in [-0.05, 0) is 43.9 Å². The number of hydrogen-bond acceptors (Lipinski definition) is 5. The number of thiazole rings is 1. The van der Waals surface area contributed by atoms with Gasteiger partial charge in [-0.3, -0.25) is 4.79 Å². The lowest BCUT2D eigenvalue weighted by atomic mass is 9.91. The standard InChI is InChI=1S/C15H22N2O3S/c1-20-8-7-15(5-6-15)9-16-14-17-12-10(13(18)19)3-2-4-11(12)21-14/h10H,2-9H2,1H3,(H,16,17)(H,18,19). The third kappa shape index (κ3) is 3.21. The second kappa shape index (κ2) is 5.93. The lowest BCUT2D eigenvalue weighted by molar-refractivity contribution is -0.139. The second-order valence-corrected chi connectivity index (χ2v) is 7.29. The Morgan fingerprint density at radius 2 is 2.38 bits per heavy atom. The molecular formula is C15H22N2O3S. The summed E-state index contributed by atoms with van der Waals surface area (Å²) >= 11 is 1.63. The molecular weight excluding hydrogens is 288 g/mol. The number of aromatic nitrogens is 1. The van der Waals surface area contributed by atoms with Crippen LogP contribution in [0.4, 0.5) is 5.13 Å². The maximum atomic E-state index is 11.3. The molecule has 0 saturated heterocycles. The summed E-state index contributed by atoms with van der Waals surface area (Å²) in [5.74, 6) is -1.16. The summed E-state index contributed by atoms with van der Waals surface area (Å²) < 4.78 is 5.17. The van der Waals surface area contributed by atoms with E-state index in [-0.39, 0.29) is 0 Å². The summed E-state index contributed by atoms with van der Waals surface area (Å²) in [6.07, 6.45) is 6.19. The number of carboxylic acid groups (broad SMARTS) is 1. The average Bonchev–Trinajstić information content (AvgIpc) is 3.12. The van der Waals surface area contributed by atoms with E-state index in [0.717, 1.165) is 48.1 Å². The van der Waals surface area contributed by atoms with Gasteiger partial charge in [-0.15, -0.1) is 11.3 Å². The van der Waals surface area contributed by atoms with Gasteiger partial charge in [0.2, 0.25) is 0 Å². The van der Waals surface area contributed by atoms with Crippen molar-refractivity contribution in [1.29, 1.82) is 0 Å². The Kier molecular flexibility index (Phi) is 4.17. The van der Waals surface area contributed by atoms with Crippen LogP contribution in [-0.2, 0) is 16.0 Å². The minimum absolute atomic E-state index is 0.369. The number of hydrogen-bond donors (Lipinski definition) is 2. The lowest BCUT2D eigenvalue weighted by Gasteiger charge is -2.16. The van der Waals surface area contributed by atoms with Crippen molar-refractivity contribution >= 4 is 22.4 Å². The van der Waals surface area contributed by atoms with Crippen LogP contribution in [0, 0.1) is 5.41 Å². The zero-order valence-electron chi connectivity index (χ0n) is 12.4. The largest absolute Gasteiger partial charge is 0.481 e. The van der Waals surface area contributed by atoms with E-state index in [2.05, 4.69) is 10.3 Å². The Bertz CT molecular complexity index is 525. The van der Waals surface area contributed by atoms with Crippen LogP contribution in [-0.4, -0.2) is 36.3 Å². The molecule has 2 aliphatic carbocycles. The first-order valence-corrected chi connectivity index (χ1v) is 8.40. The highest BCUT2D eigenvalue weighted by atomic mass is 32.1. The molecule has 0 amide bonds. The van der Waals surface area contributed by atoms with Gasteiger partial charge < -0.3 is 15.2 Å². The van der Waals surface area contributed by atoms with Crippen molar-refractivity contribution in [2.45, 2.75) is 44.4 Å². The molecule has 116 valence electrons. The molecule has 1 saturated carbocycles. The van der Waals surface area contributed by atoms with Gasteiger partial charge in [0.25, 0.3) is 0 Å². The predicted molar refractivity (Wildman–Crippen MR) is 82.1 cm³/mol. The number of methoxy groups -OCH3 is 1. The molecule has 5 nitrogen and oxygen atoms in total. The molecule has 1 aromatic rings. The number of anilines is 1. The van der Waals surface area contributed by atoms with Crippen LogP contribution in [0.5, 0.6) is 0 Å². The first-order valence-electron chi connectivity index (χ1n) is 7.59. The highest BCUT2D eigenvalue weighted by Gasteiger charge is 2.42. The van der Waals surface area contributed by atoms with Gasteiger partial charge in [-0.25, -0.2) is 4.98 Å². The van der Waals surface area contributed by atoms with E-state index in [0.29, 0.717) is 11.8 Å². The minimum atomic E-state index is -0.744. The topological polar surface area (TPSA) is 71.5 Å². The number of rotatable bonds is 7. The van der Waals surface area contributed by atoms with E-state index in [9.17, 15) is 9.90 Å². The number of aryl methyl sites for hydroxylation is 1. The molecule has 2 N–H and O–H groups in total. The van der Waals surface area contributed by atoms with Gasteiger partial charge in [0.05, 0.1) is 5.69 Å². The normalized spacial score (nSPS) is 22.6. The summed E-state index contributed by atoms with van der Waals surface area (Å²) in [7, 11) is 1.74. The zero-order chi connectivity index (χ0) is 14.9. The number of carbonyl (C=O) groups is 1. The van der Waals surface area contributed by atoms with Crippen molar-refractivity contribution in [3.05, 3.63) is 10.6 Å². The quantitative estimate of drug-likeness (QED) is 0.810. The predicted octanol–water partition coefficient (Wildman–Crippen LogP) is 2.88. The van der Waals surface area contributed by atoms with E-state index >= 15 is 0 Å². The van der Waals surface area contributed by atoms with E-state index in [1.54, 1.807) is 18.4 Å². The van der Waals surface area contributed by atoms with Crippen molar-refractivity contribution in [3.63, 3.8) is 0 Å². The Morgan fingerprint density at radius 1 is 1.57 bits per heavy atom.